The third-order valence-corrected chi connectivity index (χ3v) is 3.93. The fourth-order valence-corrected chi connectivity index (χ4v) is 2.64. The number of aryl methyl sites for hydroxylation is 1. The molecule has 0 atom stereocenters. The summed E-state index contributed by atoms with van der Waals surface area (Å²) in [4.78, 5) is 8.95. The Morgan fingerprint density at radius 1 is 1.12 bits per heavy atom. The van der Waals surface area contributed by atoms with E-state index in [2.05, 4.69) is 51.3 Å². The molecule has 132 valence electrons. The van der Waals surface area contributed by atoms with Crippen LogP contribution in [0.1, 0.15) is 16.8 Å². The highest BCUT2D eigenvalue weighted by atomic mass is 127. The number of benzene rings is 1. The summed E-state index contributed by atoms with van der Waals surface area (Å²) in [6.45, 7) is 3.63. The average molecular weight is 449 g/mol. The van der Waals surface area contributed by atoms with Gasteiger partial charge in [-0.25, -0.2) is 4.98 Å². The Morgan fingerprint density at radius 2 is 1.92 bits per heavy atom. The minimum atomic E-state index is 0. The zero-order valence-corrected chi connectivity index (χ0v) is 16.9. The van der Waals surface area contributed by atoms with Crippen LogP contribution in [0.5, 0.6) is 0 Å². The summed E-state index contributed by atoms with van der Waals surface area (Å²) in [6.07, 6.45) is 4.98. The van der Waals surface area contributed by atoms with Crippen LogP contribution in [-0.2, 0) is 13.0 Å². The average Bonchev–Trinajstić information content (AvgIpc) is 3.03. The van der Waals surface area contributed by atoms with Crippen LogP contribution in [0.15, 0.2) is 59.9 Å². The Morgan fingerprint density at radius 3 is 2.64 bits per heavy atom. The number of fused-ring (bicyclic) bond motifs is 1. The van der Waals surface area contributed by atoms with Crippen molar-refractivity contribution in [3.8, 4) is 0 Å². The van der Waals surface area contributed by atoms with Crippen molar-refractivity contribution in [3.05, 3.63) is 71.7 Å². The standard InChI is InChI=1S/C19H23N5.HI/c1-15-7-6-12-24-14-17(23-18(15)24)10-11-21-19(20-2)22-13-16-8-4-3-5-9-16;/h3-9,12,14H,10-11,13H2,1-2H3,(H2,20,21,22);1H. The van der Waals surface area contributed by atoms with Crippen molar-refractivity contribution < 1.29 is 0 Å². The molecular formula is C19H24IN5. The molecule has 0 amide bonds. The predicted molar refractivity (Wildman–Crippen MR) is 114 cm³/mol. The topological polar surface area (TPSA) is 53.7 Å². The first-order chi connectivity index (χ1) is 11.8. The fraction of sp³-hybridized carbons (Fsp3) is 0.263. The van der Waals surface area contributed by atoms with Crippen LogP contribution >= 0.6 is 24.0 Å². The molecule has 3 aromatic rings. The van der Waals surface area contributed by atoms with Crippen molar-refractivity contribution in [2.75, 3.05) is 13.6 Å². The number of nitrogens with one attached hydrogen (secondary N) is 2. The van der Waals surface area contributed by atoms with Gasteiger partial charge in [0.2, 0.25) is 0 Å². The molecule has 2 heterocycles. The van der Waals surface area contributed by atoms with E-state index in [9.17, 15) is 0 Å². The lowest BCUT2D eigenvalue weighted by molar-refractivity contribution is 0.787. The molecule has 3 rings (SSSR count). The quantitative estimate of drug-likeness (QED) is 0.358. The molecule has 0 spiro atoms. The van der Waals surface area contributed by atoms with Crippen LogP contribution < -0.4 is 10.6 Å². The number of hydrogen-bond acceptors (Lipinski definition) is 2. The Balaban J connectivity index is 0.00000225. The number of rotatable bonds is 5. The first-order valence-corrected chi connectivity index (χ1v) is 8.18. The molecule has 1 aromatic carbocycles. The van der Waals surface area contributed by atoms with Gasteiger partial charge in [-0.15, -0.1) is 24.0 Å². The maximum absolute atomic E-state index is 4.69. The highest BCUT2D eigenvalue weighted by molar-refractivity contribution is 14.0. The highest BCUT2D eigenvalue weighted by Gasteiger charge is 2.04. The molecule has 6 heteroatoms. The predicted octanol–water partition coefficient (Wildman–Crippen LogP) is 3.17. The number of hydrogen-bond donors (Lipinski definition) is 2. The molecule has 0 aliphatic rings. The van der Waals surface area contributed by atoms with Gasteiger partial charge >= 0.3 is 0 Å². The van der Waals surface area contributed by atoms with E-state index in [0.717, 1.165) is 36.8 Å². The van der Waals surface area contributed by atoms with Gasteiger partial charge in [-0.1, -0.05) is 36.4 Å². The van der Waals surface area contributed by atoms with Crippen LogP contribution in [0.2, 0.25) is 0 Å². The van der Waals surface area contributed by atoms with Crippen LogP contribution in [0.3, 0.4) is 0 Å². The molecule has 0 saturated carbocycles. The fourth-order valence-electron chi connectivity index (χ4n) is 2.64. The zero-order chi connectivity index (χ0) is 16.8. The molecular weight excluding hydrogens is 425 g/mol. The molecule has 0 radical (unpaired) electrons. The summed E-state index contributed by atoms with van der Waals surface area (Å²) in [5.41, 5.74) is 4.53. The van der Waals surface area contributed by atoms with Gasteiger partial charge in [0.15, 0.2) is 5.96 Å². The highest BCUT2D eigenvalue weighted by Crippen LogP contribution is 2.09. The van der Waals surface area contributed by atoms with Crippen LogP contribution in [-0.4, -0.2) is 28.9 Å². The van der Waals surface area contributed by atoms with Gasteiger partial charge in [-0.3, -0.25) is 4.99 Å². The molecule has 2 N–H and O–H groups in total. The van der Waals surface area contributed by atoms with Gasteiger partial charge < -0.3 is 15.0 Å². The van der Waals surface area contributed by atoms with Gasteiger partial charge in [-0.2, -0.15) is 0 Å². The van der Waals surface area contributed by atoms with Crippen molar-refractivity contribution in [1.82, 2.24) is 20.0 Å². The molecule has 5 nitrogen and oxygen atoms in total. The number of aromatic nitrogens is 2. The van der Waals surface area contributed by atoms with Crippen LogP contribution in [0.25, 0.3) is 5.65 Å². The molecule has 0 saturated heterocycles. The van der Waals surface area contributed by atoms with E-state index in [1.807, 2.05) is 30.5 Å². The Labute approximate surface area is 165 Å². The van der Waals surface area contributed by atoms with Gasteiger partial charge in [0.05, 0.1) is 5.69 Å². The number of imidazole rings is 1. The molecule has 25 heavy (non-hydrogen) atoms. The van der Waals surface area contributed by atoms with Crippen molar-refractivity contribution >= 4 is 35.6 Å². The minimum absolute atomic E-state index is 0. The Bertz CT molecular complexity index is 826. The number of pyridine rings is 1. The number of nitrogens with zero attached hydrogens (tertiary/aromatic N) is 3. The lowest BCUT2D eigenvalue weighted by Crippen LogP contribution is -2.37. The summed E-state index contributed by atoms with van der Waals surface area (Å²) in [5.74, 6) is 0.804. The monoisotopic (exact) mass is 449 g/mol. The third-order valence-electron chi connectivity index (χ3n) is 3.93. The van der Waals surface area contributed by atoms with Crippen molar-refractivity contribution in [1.29, 1.82) is 0 Å². The number of halogens is 1. The summed E-state index contributed by atoms with van der Waals surface area (Å²) in [6, 6.07) is 14.4. The third kappa shape index (κ3) is 5.19. The van der Waals surface area contributed by atoms with Crippen molar-refractivity contribution in [2.24, 2.45) is 4.99 Å². The maximum Gasteiger partial charge on any atom is 0.191 e. The maximum atomic E-state index is 4.69. The van der Waals surface area contributed by atoms with E-state index in [-0.39, 0.29) is 24.0 Å². The summed E-state index contributed by atoms with van der Waals surface area (Å²) in [7, 11) is 1.79. The molecule has 0 bridgehead atoms. The second-order valence-electron chi connectivity index (χ2n) is 5.74. The van der Waals surface area contributed by atoms with Gasteiger partial charge in [0, 0.05) is 39.0 Å². The summed E-state index contributed by atoms with van der Waals surface area (Å²) < 4.78 is 2.08. The molecule has 0 unspecified atom stereocenters. The lowest BCUT2D eigenvalue weighted by Gasteiger charge is -2.11. The number of aliphatic imine (C=N–C) groups is 1. The molecule has 0 fully saturated rings. The van der Waals surface area contributed by atoms with E-state index in [1.165, 1.54) is 11.1 Å². The van der Waals surface area contributed by atoms with Crippen molar-refractivity contribution in [2.45, 2.75) is 19.9 Å². The minimum Gasteiger partial charge on any atom is -0.356 e. The van der Waals surface area contributed by atoms with Gasteiger partial charge in [0.1, 0.15) is 5.65 Å². The normalized spacial score (nSPS) is 11.2. The Hall–Kier alpha value is -2.09. The van der Waals surface area contributed by atoms with Crippen LogP contribution in [0, 0.1) is 6.92 Å². The second-order valence-corrected chi connectivity index (χ2v) is 5.74. The molecule has 2 aromatic heterocycles. The second kappa shape index (κ2) is 9.41. The van der Waals surface area contributed by atoms with Gasteiger partial charge in [-0.05, 0) is 24.1 Å². The van der Waals surface area contributed by atoms with E-state index in [4.69, 9.17) is 4.98 Å². The smallest absolute Gasteiger partial charge is 0.191 e. The van der Waals surface area contributed by atoms with Crippen LogP contribution in [0.4, 0.5) is 0 Å². The zero-order valence-electron chi connectivity index (χ0n) is 14.6. The summed E-state index contributed by atoms with van der Waals surface area (Å²) in [5, 5.41) is 6.66. The van der Waals surface area contributed by atoms with E-state index in [0.29, 0.717) is 0 Å². The van der Waals surface area contributed by atoms with E-state index in [1.54, 1.807) is 7.05 Å². The molecule has 0 aliphatic heterocycles. The lowest BCUT2D eigenvalue weighted by atomic mass is 10.2. The first-order valence-electron chi connectivity index (χ1n) is 8.18. The SMILES string of the molecule is CN=C(NCCc1cn2cccc(C)c2n1)NCc1ccccc1.I. The van der Waals surface area contributed by atoms with E-state index < -0.39 is 0 Å². The van der Waals surface area contributed by atoms with E-state index >= 15 is 0 Å². The number of guanidine groups is 1. The van der Waals surface area contributed by atoms with Crippen molar-refractivity contribution in [3.63, 3.8) is 0 Å². The largest absolute Gasteiger partial charge is 0.356 e. The summed E-state index contributed by atoms with van der Waals surface area (Å²) >= 11 is 0. The van der Waals surface area contributed by atoms with Gasteiger partial charge in [0.25, 0.3) is 0 Å². The molecule has 0 aliphatic carbocycles. The first kappa shape index (κ1) is 19.2. The Kier molecular flexibility index (Phi) is 7.24.